The average molecular weight is 560 g/mol. The highest BCUT2D eigenvalue weighted by molar-refractivity contribution is 6.34. The molecule has 10 heteroatoms. The Morgan fingerprint density at radius 2 is 1.97 bits per heavy atom. The number of alkyl halides is 2. The van der Waals surface area contributed by atoms with Crippen LogP contribution in [0.2, 0.25) is 5.02 Å². The Morgan fingerprint density at radius 3 is 2.64 bits per heavy atom. The molecule has 3 atom stereocenters. The van der Waals surface area contributed by atoms with Crippen LogP contribution in [0, 0.1) is 11.8 Å². The minimum Gasteiger partial charge on any atom is -0.453 e. The lowest BCUT2D eigenvalue weighted by molar-refractivity contribution is -0.133. The molecule has 0 bridgehead atoms. The predicted molar refractivity (Wildman–Crippen MR) is 144 cm³/mol. The third-order valence-corrected chi connectivity index (χ3v) is 8.16. The number of aliphatic imine (C=N–C) groups is 1. The van der Waals surface area contributed by atoms with E-state index in [1.165, 1.54) is 18.7 Å². The van der Waals surface area contributed by atoms with Crippen LogP contribution in [0.4, 0.5) is 8.78 Å². The zero-order chi connectivity index (χ0) is 28.2. The van der Waals surface area contributed by atoms with E-state index in [0.29, 0.717) is 33.8 Å². The van der Waals surface area contributed by atoms with Gasteiger partial charge in [-0.05, 0) is 75.1 Å². The highest BCUT2D eigenvalue weighted by atomic mass is 35.5. The fourth-order valence-electron chi connectivity index (χ4n) is 5.57. The number of allylic oxidation sites excluding steroid dienone is 2. The molecule has 0 saturated carbocycles. The second-order valence-corrected chi connectivity index (χ2v) is 11.5. The molecule has 5 rings (SSSR count). The lowest BCUT2D eigenvalue weighted by Gasteiger charge is -2.40. The number of benzene rings is 1. The van der Waals surface area contributed by atoms with Crippen LogP contribution in [0.5, 0.6) is 0 Å². The van der Waals surface area contributed by atoms with Crippen LogP contribution in [0.15, 0.2) is 61.5 Å². The first kappa shape index (κ1) is 27.5. The van der Waals surface area contributed by atoms with Crippen LogP contribution in [0.25, 0.3) is 11.1 Å². The first-order valence-corrected chi connectivity index (χ1v) is 13.5. The maximum atomic E-state index is 14.3. The summed E-state index contributed by atoms with van der Waals surface area (Å²) in [7, 11) is 0. The van der Waals surface area contributed by atoms with Crippen molar-refractivity contribution < 1.29 is 27.8 Å². The number of hydrogen-bond acceptors (Lipinski definition) is 6. The Hall–Kier alpha value is -3.04. The minimum absolute atomic E-state index is 0.0677. The van der Waals surface area contributed by atoms with E-state index in [-0.39, 0.29) is 42.9 Å². The van der Waals surface area contributed by atoms with Crippen molar-refractivity contribution in [1.29, 1.82) is 0 Å². The molecule has 0 radical (unpaired) electrons. The summed E-state index contributed by atoms with van der Waals surface area (Å²) in [6.07, 6.45) is -0.386. The molecule has 0 saturated heterocycles. The van der Waals surface area contributed by atoms with Crippen molar-refractivity contribution in [1.82, 2.24) is 9.88 Å². The number of halogens is 3. The summed E-state index contributed by atoms with van der Waals surface area (Å²) in [4.78, 5) is 25.0. The number of rotatable bonds is 4. The molecule has 2 aromatic rings. The standard InChI is InChI=1S/C29H32ClF2N3O4/c1-14-9-10-18(26(31)32)24(39-25(14)29(4,5)37)28(36)35-12-11-17-16(3)15(2)13-33-21(17)23(35)27-34-22-19(30)7-6-8-20(22)38-27/h6-8,13,15-16,23,26,37H,9-12H2,1-5H3/t15?,16?,23-/m0/s1. The Balaban J connectivity index is 1.65. The highest BCUT2D eigenvalue weighted by Gasteiger charge is 2.44. The fraction of sp³-hybridized carbons (Fsp3) is 0.483. The van der Waals surface area contributed by atoms with Gasteiger partial charge in [-0.1, -0.05) is 31.5 Å². The SMILES string of the molecule is CC1=C(C(C)(C)O)OC(C(=O)N2CCC3=C(N=CC(C)C3C)[C@H]2c2nc3c(Cl)cccc3o2)=C(C(F)F)CC1. The molecule has 1 aromatic heterocycles. The summed E-state index contributed by atoms with van der Waals surface area (Å²) in [6.45, 7) is 9.14. The van der Waals surface area contributed by atoms with Crippen molar-refractivity contribution in [2.75, 3.05) is 6.54 Å². The van der Waals surface area contributed by atoms with E-state index in [4.69, 9.17) is 25.7 Å². The monoisotopic (exact) mass is 559 g/mol. The number of amides is 1. The number of oxazole rings is 1. The lowest BCUT2D eigenvalue weighted by Crippen LogP contribution is -2.43. The van der Waals surface area contributed by atoms with Gasteiger partial charge in [0.15, 0.2) is 17.4 Å². The lowest BCUT2D eigenvalue weighted by atomic mass is 9.80. The summed E-state index contributed by atoms with van der Waals surface area (Å²) in [5, 5.41) is 11.1. The van der Waals surface area contributed by atoms with Gasteiger partial charge in [0.1, 0.15) is 16.9 Å². The zero-order valence-corrected chi connectivity index (χ0v) is 23.4. The van der Waals surface area contributed by atoms with Crippen LogP contribution in [-0.4, -0.2) is 45.7 Å². The van der Waals surface area contributed by atoms with Gasteiger partial charge in [-0.3, -0.25) is 9.79 Å². The number of aromatic nitrogens is 1. The number of carbonyl (C=O) groups excluding carboxylic acids is 1. The summed E-state index contributed by atoms with van der Waals surface area (Å²) >= 11 is 6.37. The van der Waals surface area contributed by atoms with Crippen LogP contribution >= 0.6 is 11.6 Å². The largest absolute Gasteiger partial charge is 0.453 e. The topological polar surface area (TPSA) is 88.2 Å². The normalized spacial score (nSPS) is 24.5. The smallest absolute Gasteiger partial charge is 0.290 e. The summed E-state index contributed by atoms with van der Waals surface area (Å²) in [5.74, 6) is -0.536. The molecule has 4 heterocycles. The molecule has 7 nitrogen and oxygen atoms in total. The van der Waals surface area contributed by atoms with Gasteiger partial charge in [0.2, 0.25) is 5.89 Å². The van der Waals surface area contributed by atoms with Crippen LogP contribution < -0.4 is 0 Å². The van der Waals surface area contributed by atoms with E-state index in [1.807, 2.05) is 6.21 Å². The van der Waals surface area contributed by atoms with E-state index >= 15 is 0 Å². The Morgan fingerprint density at radius 1 is 1.23 bits per heavy atom. The van der Waals surface area contributed by atoms with E-state index in [2.05, 4.69) is 18.8 Å². The molecule has 39 heavy (non-hydrogen) atoms. The molecular formula is C29H32ClF2N3O4. The molecule has 1 amide bonds. The summed E-state index contributed by atoms with van der Waals surface area (Å²) in [6, 6.07) is 4.29. The highest BCUT2D eigenvalue weighted by Crippen LogP contribution is 2.45. The molecular weight excluding hydrogens is 528 g/mol. The zero-order valence-electron chi connectivity index (χ0n) is 22.6. The van der Waals surface area contributed by atoms with Gasteiger partial charge in [0, 0.05) is 18.3 Å². The molecule has 2 unspecified atom stereocenters. The molecule has 208 valence electrons. The van der Waals surface area contributed by atoms with Crippen LogP contribution in [0.1, 0.15) is 65.8 Å². The van der Waals surface area contributed by atoms with Crippen LogP contribution in [0.3, 0.4) is 0 Å². The molecule has 0 fully saturated rings. The van der Waals surface area contributed by atoms with Crippen molar-refractivity contribution in [3.05, 3.63) is 63.0 Å². The van der Waals surface area contributed by atoms with E-state index in [0.717, 1.165) is 5.57 Å². The molecule has 0 spiro atoms. The van der Waals surface area contributed by atoms with Gasteiger partial charge in [0.25, 0.3) is 12.3 Å². The first-order valence-electron chi connectivity index (χ1n) is 13.1. The third-order valence-electron chi connectivity index (χ3n) is 7.86. The average Bonchev–Trinajstić information content (AvgIpc) is 3.22. The van der Waals surface area contributed by atoms with E-state index in [1.54, 1.807) is 25.1 Å². The van der Waals surface area contributed by atoms with Crippen molar-refractivity contribution in [3.63, 3.8) is 0 Å². The van der Waals surface area contributed by atoms with Crippen molar-refractivity contribution in [2.24, 2.45) is 16.8 Å². The number of carbonyl (C=O) groups is 1. The quantitative estimate of drug-likeness (QED) is 0.448. The maximum Gasteiger partial charge on any atom is 0.290 e. The van der Waals surface area contributed by atoms with Gasteiger partial charge in [-0.2, -0.15) is 0 Å². The number of nitrogens with zero attached hydrogens (tertiary/aromatic N) is 3. The maximum absolute atomic E-state index is 14.3. The van der Waals surface area contributed by atoms with Gasteiger partial charge in [0.05, 0.1) is 10.7 Å². The molecule has 0 aliphatic carbocycles. The van der Waals surface area contributed by atoms with Crippen LogP contribution in [-0.2, 0) is 9.53 Å². The van der Waals surface area contributed by atoms with E-state index in [9.17, 15) is 18.7 Å². The van der Waals surface area contributed by atoms with Gasteiger partial charge < -0.3 is 19.2 Å². The summed E-state index contributed by atoms with van der Waals surface area (Å²) < 4.78 is 40.7. The van der Waals surface area contributed by atoms with Gasteiger partial charge >= 0.3 is 0 Å². The number of ether oxygens (including phenoxy) is 1. The predicted octanol–water partition coefficient (Wildman–Crippen LogP) is 6.74. The Labute approximate surface area is 230 Å². The van der Waals surface area contributed by atoms with Gasteiger partial charge in [-0.25, -0.2) is 13.8 Å². The second kappa shape index (κ2) is 10.2. The van der Waals surface area contributed by atoms with Crippen molar-refractivity contribution in [2.45, 2.75) is 71.9 Å². The molecule has 1 aromatic carbocycles. The van der Waals surface area contributed by atoms with E-state index < -0.39 is 35.3 Å². The summed E-state index contributed by atoms with van der Waals surface area (Å²) in [5.41, 5.74) is 1.32. The number of fused-ring (bicyclic) bond motifs is 1. The molecule has 3 aliphatic heterocycles. The fourth-order valence-corrected chi connectivity index (χ4v) is 5.78. The third kappa shape index (κ3) is 4.91. The van der Waals surface area contributed by atoms with Crippen molar-refractivity contribution >= 4 is 34.8 Å². The minimum atomic E-state index is -2.91. The number of aliphatic hydroxyl groups is 1. The second-order valence-electron chi connectivity index (χ2n) is 11.1. The molecule has 3 aliphatic rings. The number of para-hydroxylation sites is 1. The number of hydrogen-bond donors (Lipinski definition) is 1. The Kier molecular flexibility index (Phi) is 7.18. The van der Waals surface area contributed by atoms with Crippen molar-refractivity contribution in [3.8, 4) is 0 Å². The first-order chi connectivity index (χ1) is 18.4. The Bertz CT molecular complexity index is 1450. The van der Waals surface area contributed by atoms with Gasteiger partial charge in [-0.15, -0.1) is 0 Å². The molecule has 1 N–H and O–H groups in total.